The lowest BCUT2D eigenvalue weighted by molar-refractivity contribution is 0.414. The van der Waals surface area contributed by atoms with E-state index in [0.29, 0.717) is 5.95 Å². The first kappa shape index (κ1) is 17.7. The summed E-state index contributed by atoms with van der Waals surface area (Å²) in [5, 5.41) is 6.63. The van der Waals surface area contributed by atoms with Crippen molar-refractivity contribution in [1.82, 2.24) is 9.97 Å². The molecule has 0 atom stereocenters. The Morgan fingerprint density at radius 1 is 0.808 bits per heavy atom. The molecule has 0 amide bonds. The lowest BCUT2D eigenvalue weighted by Gasteiger charge is -2.09. The molecule has 134 valence electrons. The summed E-state index contributed by atoms with van der Waals surface area (Å²) in [6.45, 7) is 1.62. The third-order valence-electron chi connectivity index (χ3n) is 4.07. The van der Waals surface area contributed by atoms with Crippen molar-refractivity contribution in [2.24, 2.45) is 0 Å². The summed E-state index contributed by atoms with van der Waals surface area (Å²) in [6.07, 6.45) is 3.64. The summed E-state index contributed by atoms with van der Waals surface area (Å²) in [7, 11) is 1.68. The normalized spacial score (nSPS) is 10.3. The summed E-state index contributed by atoms with van der Waals surface area (Å²) >= 11 is 0. The number of ether oxygens (including phenoxy) is 1. The number of benzene rings is 2. The number of hydrogen-bond acceptors (Lipinski definition) is 5. The van der Waals surface area contributed by atoms with Crippen molar-refractivity contribution in [3.05, 3.63) is 78.0 Å². The molecule has 0 unspecified atom stereocenters. The first-order valence-corrected chi connectivity index (χ1v) is 8.81. The van der Waals surface area contributed by atoms with Crippen LogP contribution in [-0.4, -0.2) is 30.2 Å². The molecule has 0 aliphatic carbocycles. The van der Waals surface area contributed by atoms with Crippen LogP contribution >= 0.6 is 0 Å². The minimum absolute atomic E-state index is 0.642. The number of nitrogens with zero attached hydrogens (tertiary/aromatic N) is 2. The Hall–Kier alpha value is -3.08. The van der Waals surface area contributed by atoms with Crippen LogP contribution in [0.4, 0.5) is 11.8 Å². The van der Waals surface area contributed by atoms with Crippen molar-refractivity contribution in [1.29, 1.82) is 0 Å². The Morgan fingerprint density at radius 3 is 2.23 bits per heavy atom. The second kappa shape index (κ2) is 9.42. The third kappa shape index (κ3) is 5.48. The highest BCUT2D eigenvalue weighted by Gasteiger charge is 2.00. The van der Waals surface area contributed by atoms with Gasteiger partial charge in [0.1, 0.15) is 11.6 Å². The second-order valence-corrected chi connectivity index (χ2v) is 5.95. The van der Waals surface area contributed by atoms with Gasteiger partial charge in [-0.3, -0.25) is 0 Å². The number of hydrogen-bond donors (Lipinski definition) is 2. The molecular formula is C21H24N4O. The highest BCUT2D eigenvalue weighted by Crippen LogP contribution is 2.12. The first-order chi connectivity index (χ1) is 12.8. The van der Waals surface area contributed by atoms with E-state index >= 15 is 0 Å². The fourth-order valence-electron chi connectivity index (χ4n) is 2.63. The highest BCUT2D eigenvalue weighted by molar-refractivity contribution is 5.40. The van der Waals surface area contributed by atoms with Crippen LogP contribution in [-0.2, 0) is 12.8 Å². The average molecular weight is 348 g/mol. The predicted octanol–water partition coefficient (Wildman–Crippen LogP) is 3.79. The van der Waals surface area contributed by atoms with Crippen molar-refractivity contribution >= 4 is 11.8 Å². The van der Waals surface area contributed by atoms with Crippen molar-refractivity contribution < 1.29 is 4.74 Å². The summed E-state index contributed by atoms with van der Waals surface area (Å²) in [5.41, 5.74) is 2.56. The van der Waals surface area contributed by atoms with Gasteiger partial charge in [-0.15, -0.1) is 0 Å². The number of methoxy groups -OCH3 is 1. The number of nitrogens with one attached hydrogen (secondary N) is 2. The maximum Gasteiger partial charge on any atom is 0.224 e. The van der Waals surface area contributed by atoms with E-state index in [2.05, 4.69) is 57.0 Å². The van der Waals surface area contributed by atoms with E-state index in [1.807, 2.05) is 24.3 Å². The zero-order chi connectivity index (χ0) is 18.0. The molecule has 0 bridgehead atoms. The van der Waals surface area contributed by atoms with Crippen molar-refractivity contribution in [3.8, 4) is 5.75 Å². The average Bonchev–Trinajstić information content (AvgIpc) is 2.70. The van der Waals surface area contributed by atoms with Gasteiger partial charge < -0.3 is 15.4 Å². The molecule has 1 aromatic heterocycles. The smallest absolute Gasteiger partial charge is 0.224 e. The fourth-order valence-corrected chi connectivity index (χ4v) is 2.63. The minimum Gasteiger partial charge on any atom is -0.497 e. The van der Waals surface area contributed by atoms with Crippen LogP contribution in [0.3, 0.4) is 0 Å². The molecule has 3 aromatic rings. The van der Waals surface area contributed by atoms with Crippen LogP contribution in [0.15, 0.2) is 66.9 Å². The maximum atomic E-state index is 5.17. The summed E-state index contributed by atoms with van der Waals surface area (Å²) in [5.74, 6) is 2.35. The largest absolute Gasteiger partial charge is 0.497 e. The molecule has 1 heterocycles. The number of rotatable bonds is 9. The van der Waals surface area contributed by atoms with Gasteiger partial charge in [0, 0.05) is 19.3 Å². The Kier molecular flexibility index (Phi) is 6.42. The molecular weight excluding hydrogens is 324 g/mol. The summed E-state index contributed by atoms with van der Waals surface area (Å²) < 4.78 is 5.17. The molecule has 0 radical (unpaired) electrons. The molecule has 5 heteroatoms. The van der Waals surface area contributed by atoms with Crippen LogP contribution in [0.5, 0.6) is 5.75 Å². The van der Waals surface area contributed by atoms with E-state index in [4.69, 9.17) is 4.74 Å². The Morgan fingerprint density at radius 2 is 1.50 bits per heavy atom. The molecule has 26 heavy (non-hydrogen) atoms. The highest BCUT2D eigenvalue weighted by atomic mass is 16.5. The lowest BCUT2D eigenvalue weighted by Crippen LogP contribution is -2.11. The summed E-state index contributed by atoms with van der Waals surface area (Å²) in [6, 6.07) is 20.4. The quantitative estimate of drug-likeness (QED) is 0.616. The first-order valence-electron chi connectivity index (χ1n) is 8.81. The van der Waals surface area contributed by atoms with Crippen LogP contribution in [0.25, 0.3) is 0 Å². The molecule has 2 N–H and O–H groups in total. The zero-order valence-corrected chi connectivity index (χ0v) is 15.0. The van der Waals surface area contributed by atoms with E-state index in [1.165, 1.54) is 11.1 Å². The van der Waals surface area contributed by atoms with Gasteiger partial charge in [-0.1, -0.05) is 42.5 Å². The SMILES string of the molecule is COc1ccc(CCNc2nccc(NCCc3ccccc3)n2)cc1. The van der Waals surface area contributed by atoms with E-state index < -0.39 is 0 Å². The second-order valence-electron chi connectivity index (χ2n) is 5.95. The van der Waals surface area contributed by atoms with Crippen LogP contribution < -0.4 is 15.4 Å². The van der Waals surface area contributed by atoms with Gasteiger partial charge in [-0.2, -0.15) is 4.98 Å². The van der Waals surface area contributed by atoms with Crippen LogP contribution in [0, 0.1) is 0 Å². The Labute approximate surface area is 154 Å². The molecule has 0 aliphatic heterocycles. The van der Waals surface area contributed by atoms with Gasteiger partial charge in [0.05, 0.1) is 7.11 Å². The molecule has 0 aliphatic rings. The van der Waals surface area contributed by atoms with E-state index in [0.717, 1.165) is 37.5 Å². The van der Waals surface area contributed by atoms with Crippen molar-refractivity contribution in [3.63, 3.8) is 0 Å². The van der Waals surface area contributed by atoms with Gasteiger partial charge in [0.2, 0.25) is 5.95 Å². The molecule has 3 rings (SSSR count). The van der Waals surface area contributed by atoms with Gasteiger partial charge in [-0.05, 0) is 42.2 Å². The molecule has 2 aromatic carbocycles. The van der Waals surface area contributed by atoms with Crippen LogP contribution in [0.2, 0.25) is 0 Å². The third-order valence-corrected chi connectivity index (χ3v) is 4.07. The Bertz CT molecular complexity index is 791. The molecule has 0 fully saturated rings. The van der Waals surface area contributed by atoms with Crippen molar-refractivity contribution in [2.45, 2.75) is 12.8 Å². The van der Waals surface area contributed by atoms with Gasteiger partial charge in [0.25, 0.3) is 0 Å². The fraction of sp³-hybridized carbons (Fsp3) is 0.238. The molecule has 0 spiro atoms. The van der Waals surface area contributed by atoms with Gasteiger partial charge in [0.15, 0.2) is 0 Å². The number of aromatic nitrogens is 2. The standard InChI is InChI=1S/C21H24N4O/c1-26-19-9-7-18(8-10-19)12-15-23-21-24-16-13-20(25-21)22-14-11-17-5-3-2-4-6-17/h2-10,13,16H,11-12,14-15H2,1H3,(H2,22,23,24,25). The predicted molar refractivity (Wildman–Crippen MR) is 106 cm³/mol. The van der Waals surface area contributed by atoms with Crippen molar-refractivity contribution in [2.75, 3.05) is 30.8 Å². The monoisotopic (exact) mass is 348 g/mol. The lowest BCUT2D eigenvalue weighted by atomic mass is 10.1. The minimum atomic E-state index is 0.642. The molecule has 0 saturated heterocycles. The molecule has 5 nitrogen and oxygen atoms in total. The van der Waals surface area contributed by atoms with E-state index in [1.54, 1.807) is 13.3 Å². The zero-order valence-electron chi connectivity index (χ0n) is 15.0. The maximum absolute atomic E-state index is 5.17. The van der Waals surface area contributed by atoms with E-state index in [-0.39, 0.29) is 0 Å². The topological polar surface area (TPSA) is 59.1 Å². The van der Waals surface area contributed by atoms with E-state index in [9.17, 15) is 0 Å². The van der Waals surface area contributed by atoms with Gasteiger partial charge in [-0.25, -0.2) is 4.98 Å². The molecule has 0 saturated carbocycles. The summed E-state index contributed by atoms with van der Waals surface area (Å²) in [4.78, 5) is 8.79. The van der Waals surface area contributed by atoms with Gasteiger partial charge >= 0.3 is 0 Å². The van der Waals surface area contributed by atoms with Crippen LogP contribution in [0.1, 0.15) is 11.1 Å². The number of anilines is 2. The Balaban J connectivity index is 1.44.